The van der Waals surface area contributed by atoms with Crippen LogP contribution in [0.25, 0.3) is 0 Å². The van der Waals surface area contributed by atoms with Crippen molar-refractivity contribution in [2.24, 2.45) is 11.8 Å². The zero-order valence-electron chi connectivity index (χ0n) is 17.3. The van der Waals surface area contributed by atoms with Crippen molar-refractivity contribution in [2.45, 2.75) is 83.4 Å². The summed E-state index contributed by atoms with van der Waals surface area (Å²) in [6.45, 7) is 13.5. The molecule has 0 radical (unpaired) electrons. The summed E-state index contributed by atoms with van der Waals surface area (Å²) in [5.74, 6) is 0.794. The van der Waals surface area contributed by atoms with Gasteiger partial charge in [0.1, 0.15) is 6.20 Å². The van der Waals surface area contributed by atoms with Gasteiger partial charge < -0.3 is 9.16 Å². The van der Waals surface area contributed by atoms with Crippen LogP contribution < -0.4 is 0 Å². The first-order chi connectivity index (χ1) is 12.5. The van der Waals surface area contributed by atoms with Gasteiger partial charge in [0, 0.05) is 6.20 Å². The normalized spacial score (nSPS) is 29.6. The molecule has 1 aliphatic heterocycles. The molecule has 2 fully saturated rings. The van der Waals surface area contributed by atoms with E-state index < -0.39 is 8.32 Å². The summed E-state index contributed by atoms with van der Waals surface area (Å²) in [6, 6.07) is 1.73. The maximum atomic E-state index is 11.4. The molecule has 2 aliphatic rings. The highest BCUT2D eigenvalue weighted by atomic mass is 28.4. The number of nitrogens with zero attached hydrogens (tertiary/aromatic N) is 2. The summed E-state index contributed by atoms with van der Waals surface area (Å²) in [5, 5.41) is 11.6. The third-order valence-electron chi connectivity index (χ3n) is 6.49. The van der Waals surface area contributed by atoms with Crippen molar-refractivity contribution in [3.05, 3.63) is 34.1 Å². The van der Waals surface area contributed by atoms with E-state index in [-0.39, 0.29) is 39.9 Å². The molecule has 7 heteroatoms. The minimum absolute atomic E-state index is 0.0145. The van der Waals surface area contributed by atoms with Crippen LogP contribution in [-0.2, 0) is 9.16 Å². The second-order valence-electron chi connectivity index (χ2n) is 9.67. The standard InChI is InChI=1S/C20H32N2O4Si/c1-13-11-17(15-9-10-21-12-16(15)22(23)24)25-19(14-7-8-14)18(13)26-27(5,6)20(2,3)4/h9-10,12-14,17-19H,7-8,11H2,1-6H3/t13-,17+,18-,19+/m0/s1. The molecule has 3 rings (SSSR count). The van der Waals surface area contributed by atoms with Crippen LogP contribution in [0, 0.1) is 22.0 Å². The van der Waals surface area contributed by atoms with Gasteiger partial charge in [-0.05, 0) is 55.3 Å². The van der Waals surface area contributed by atoms with Crippen molar-refractivity contribution in [3.8, 4) is 0 Å². The predicted molar refractivity (Wildman–Crippen MR) is 107 cm³/mol. The highest BCUT2D eigenvalue weighted by Crippen LogP contribution is 2.49. The van der Waals surface area contributed by atoms with E-state index in [9.17, 15) is 10.1 Å². The molecule has 0 aromatic carbocycles. The molecule has 4 atom stereocenters. The third-order valence-corrected chi connectivity index (χ3v) is 11.0. The summed E-state index contributed by atoms with van der Waals surface area (Å²) in [6.07, 6.45) is 5.78. The maximum absolute atomic E-state index is 11.4. The van der Waals surface area contributed by atoms with Crippen molar-refractivity contribution in [1.29, 1.82) is 0 Å². The number of nitro groups is 1. The van der Waals surface area contributed by atoms with Crippen LogP contribution in [0.4, 0.5) is 5.69 Å². The lowest BCUT2D eigenvalue weighted by Crippen LogP contribution is -2.52. The number of aromatic nitrogens is 1. The highest BCUT2D eigenvalue weighted by Gasteiger charge is 2.50. The maximum Gasteiger partial charge on any atom is 0.293 e. The second-order valence-corrected chi connectivity index (χ2v) is 14.4. The predicted octanol–water partition coefficient (Wildman–Crippen LogP) is 5.26. The van der Waals surface area contributed by atoms with Crippen molar-refractivity contribution in [2.75, 3.05) is 0 Å². The first kappa shape index (κ1) is 20.4. The quantitative estimate of drug-likeness (QED) is 0.388. The molecule has 2 heterocycles. The Labute approximate surface area is 162 Å². The van der Waals surface area contributed by atoms with Crippen molar-refractivity contribution < 1.29 is 14.1 Å². The Morgan fingerprint density at radius 1 is 1.33 bits per heavy atom. The van der Waals surface area contributed by atoms with Crippen molar-refractivity contribution >= 4 is 14.0 Å². The first-order valence-electron chi connectivity index (χ1n) is 9.93. The van der Waals surface area contributed by atoms with Gasteiger partial charge in [0.05, 0.1) is 28.8 Å². The number of hydrogen-bond donors (Lipinski definition) is 0. The topological polar surface area (TPSA) is 74.5 Å². The molecule has 150 valence electrons. The third kappa shape index (κ3) is 4.25. The van der Waals surface area contributed by atoms with Gasteiger partial charge >= 0.3 is 0 Å². The Bertz CT molecular complexity index is 699. The van der Waals surface area contributed by atoms with Gasteiger partial charge in [-0.25, -0.2) is 0 Å². The number of pyridine rings is 1. The molecule has 0 spiro atoms. The largest absolute Gasteiger partial charge is 0.411 e. The molecule has 0 amide bonds. The molecule has 27 heavy (non-hydrogen) atoms. The van der Waals surface area contributed by atoms with Gasteiger partial charge in [-0.3, -0.25) is 15.1 Å². The van der Waals surface area contributed by atoms with Crippen LogP contribution in [0.3, 0.4) is 0 Å². The van der Waals surface area contributed by atoms with E-state index in [0.29, 0.717) is 11.5 Å². The fourth-order valence-electron chi connectivity index (χ4n) is 3.64. The summed E-state index contributed by atoms with van der Waals surface area (Å²) in [5.41, 5.74) is 0.686. The van der Waals surface area contributed by atoms with Gasteiger partial charge in [-0.15, -0.1) is 0 Å². The fourth-order valence-corrected chi connectivity index (χ4v) is 5.04. The molecule has 0 N–H and O–H groups in total. The fraction of sp³-hybridized carbons (Fsp3) is 0.750. The van der Waals surface area contributed by atoms with Crippen LogP contribution in [0.2, 0.25) is 18.1 Å². The van der Waals surface area contributed by atoms with Crippen molar-refractivity contribution in [1.82, 2.24) is 4.98 Å². The molecular formula is C20H32N2O4Si. The van der Waals surface area contributed by atoms with E-state index in [1.807, 2.05) is 0 Å². The molecule has 0 bridgehead atoms. The van der Waals surface area contributed by atoms with Gasteiger partial charge in [-0.1, -0.05) is 27.7 Å². The molecule has 1 aromatic rings. The Morgan fingerprint density at radius 3 is 2.56 bits per heavy atom. The minimum Gasteiger partial charge on any atom is -0.411 e. The molecule has 1 saturated carbocycles. The van der Waals surface area contributed by atoms with E-state index in [1.54, 1.807) is 12.3 Å². The zero-order valence-corrected chi connectivity index (χ0v) is 18.3. The first-order valence-corrected chi connectivity index (χ1v) is 12.8. The Balaban J connectivity index is 1.85. The Kier molecular flexibility index (Phi) is 5.49. The summed E-state index contributed by atoms with van der Waals surface area (Å²) < 4.78 is 13.3. The number of hydrogen-bond acceptors (Lipinski definition) is 5. The molecular weight excluding hydrogens is 360 g/mol. The summed E-state index contributed by atoms with van der Waals surface area (Å²) >= 11 is 0. The highest BCUT2D eigenvalue weighted by molar-refractivity contribution is 6.74. The number of ether oxygens (including phenoxy) is 1. The SMILES string of the molecule is C[C@H]1C[C@H](c2ccncc2[N+](=O)[O-])O[C@H](C2CC2)[C@H]1O[Si](C)(C)C(C)(C)C. The molecule has 1 saturated heterocycles. The van der Waals surface area contributed by atoms with Gasteiger partial charge in [0.2, 0.25) is 0 Å². The van der Waals surface area contributed by atoms with Gasteiger partial charge in [0.25, 0.3) is 5.69 Å². The smallest absolute Gasteiger partial charge is 0.293 e. The number of rotatable bonds is 5. The van der Waals surface area contributed by atoms with E-state index in [2.05, 4.69) is 45.8 Å². The molecule has 0 unspecified atom stereocenters. The zero-order chi connectivity index (χ0) is 20.0. The monoisotopic (exact) mass is 392 g/mol. The van der Waals surface area contributed by atoms with E-state index in [0.717, 1.165) is 19.3 Å². The minimum atomic E-state index is -1.92. The van der Waals surface area contributed by atoms with E-state index in [1.165, 1.54) is 6.20 Å². The van der Waals surface area contributed by atoms with Gasteiger partial charge in [-0.2, -0.15) is 0 Å². The lowest BCUT2D eigenvalue weighted by molar-refractivity contribution is -0.386. The lowest BCUT2D eigenvalue weighted by Gasteiger charge is -2.47. The lowest BCUT2D eigenvalue weighted by atomic mass is 9.86. The van der Waals surface area contributed by atoms with Crippen LogP contribution in [-0.4, -0.2) is 30.4 Å². The van der Waals surface area contributed by atoms with E-state index in [4.69, 9.17) is 9.16 Å². The summed E-state index contributed by atoms with van der Waals surface area (Å²) in [7, 11) is -1.92. The molecule has 6 nitrogen and oxygen atoms in total. The Hall–Kier alpha value is -1.31. The van der Waals surface area contributed by atoms with Gasteiger partial charge in [0.15, 0.2) is 8.32 Å². The van der Waals surface area contributed by atoms with E-state index >= 15 is 0 Å². The molecule has 1 aromatic heterocycles. The van der Waals surface area contributed by atoms with Crippen LogP contribution in [0.1, 0.15) is 58.6 Å². The van der Waals surface area contributed by atoms with Crippen LogP contribution >= 0.6 is 0 Å². The average molecular weight is 393 g/mol. The van der Waals surface area contributed by atoms with Crippen LogP contribution in [0.15, 0.2) is 18.5 Å². The average Bonchev–Trinajstić information content (AvgIpc) is 3.40. The summed E-state index contributed by atoms with van der Waals surface area (Å²) in [4.78, 5) is 15.0. The second kappa shape index (κ2) is 7.26. The Morgan fingerprint density at radius 2 is 2.00 bits per heavy atom. The molecule has 1 aliphatic carbocycles. The van der Waals surface area contributed by atoms with Crippen LogP contribution in [0.5, 0.6) is 0 Å². The van der Waals surface area contributed by atoms with Crippen molar-refractivity contribution in [3.63, 3.8) is 0 Å².